The smallest absolute Gasteiger partial charge is 0.308 e. The molecule has 5 heteroatoms. The summed E-state index contributed by atoms with van der Waals surface area (Å²) < 4.78 is 11.1. The van der Waals surface area contributed by atoms with E-state index in [1.807, 2.05) is 18.2 Å². The monoisotopic (exact) mass is 367 g/mol. The van der Waals surface area contributed by atoms with Gasteiger partial charge in [0.05, 0.1) is 13.1 Å². The fourth-order valence-corrected chi connectivity index (χ4v) is 3.06. The SMILES string of the molecule is CC(=O)Oc1ccc(C(=O)N2CC(Oc3ccccc3C(C)(C)C)C2)cc1. The number of rotatable bonds is 4. The maximum Gasteiger partial charge on any atom is 0.308 e. The molecule has 0 bridgehead atoms. The van der Waals surface area contributed by atoms with Crippen molar-refractivity contribution in [2.75, 3.05) is 13.1 Å². The van der Waals surface area contributed by atoms with E-state index in [0.29, 0.717) is 24.4 Å². The van der Waals surface area contributed by atoms with Crippen LogP contribution in [0.3, 0.4) is 0 Å². The van der Waals surface area contributed by atoms with Gasteiger partial charge in [-0.15, -0.1) is 0 Å². The van der Waals surface area contributed by atoms with Crippen molar-refractivity contribution in [3.8, 4) is 11.5 Å². The number of likely N-dealkylation sites (tertiary alicyclic amines) is 1. The van der Waals surface area contributed by atoms with E-state index < -0.39 is 0 Å². The van der Waals surface area contributed by atoms with Crippen molar-refractivity contribution < 1.29 is 19.1 Å². The predicted octanol–water partition coefficient (Wildman–Crippen LogP) is 3.81. The molecule has 1 aliphatic rings. The van der Waals surface area contributed by atoms with Crippen molar-refractivity contribution in [3.63, 3.8) is 0 Å². The van der Waals surface area contributed by atoms with Crippen molar-refractivity contribution in [2.45, 2.75) is 39.2 Å². The number of carbonyl (C=O) groups is 2. The van der Waals surface area contributed by atoms with Gasteiger partial charge in [-0.05, 0) is 41.3 Å². The van der Waals surface area contributed by atoms with Gasteiger partial charge in [-0.25, -0.2) is 0 Å². The molecule has 1 saturated heterocycles. The molecule has 5 nitrogen and oxygen atoms in total. The second kappa shape index (κ2) is 7.43. The highest BCUT2D eigenvalue weighted by Gasteiger charge is 2.33. The number of ether oxygens (including phenoxy) is 2. The second-order valence-corrected chi connectivity index (χ2v) is 7.81. The van der Waals surface area contributed by atoms with Gasteiger partial charge < -0.3 is 14.4 Å². The first-order chi connectivity index (χ1) is 12.7. The van der Waals surface area contributed by atoms with Crippen LogP contribution < -0.4 is 9.47 Å². The van der Waals surface area contributed by atoms with Crippen LogP contribution in [-0.4, -0.2) is 36.0 Å². The average molecular weight is 367 g/mol. The summed E-state index contributed by atoms with van der Waals surface area (Å²) in [5, 5.41) is 0. The Hall–Kier alpha value is -2.82. The Balaban J connectivity index is 1.58. The second-order valence-electron chi connectivity index (χ2n) is 7.81. The minimum atomic E-state index is -0.382. The van der Waals surface area contributed by atoms with Gasteiger partial charge in [0.15, 0.2) is 0 Å². The van der Waals surface area contributed by atoms with E-state index in [9.17, 15) is 9.59 Å². The van der Waals surface area contributed by atoms with Gasteiger partial charge in [0.2, 0.25) is 0 Å². The highest BCUT2D eigenvalue weighted by Crippen LogP contribution is 2.32. The van der Waals surface area contributed by atoms with Crippen LogP contribution in [0.4, 0.5) is 0 Å². The van der Waals surface area contributed by atoms with Crippen LogP contribution in [0.15, 0.2) is 48.5 Å². The molecule has 0 aromatic heterocycles. The fraction of sp³-hybridized carbons (Fsp3) is 0.364. The first-order valence-corrected chi connectivity index (χ1v) is 9.08. The van der Waals surface area contributed by atoms with E-state index in [1.165, 1.54) is 6.92 Å². The number of para-hydroxylation sites is 1. The van der Waals surface area contributed by atoms with E-state index in [1.54, 1.807) is 29.2 Å². The number of esters is 1. The van der Waals surface area contributed by atoms with Gasteiger partial charge in [0, 0.05) is 12.5 Å². The molecule has 0 aliphatic carbocycles. The quantitative estimate of drug-likeness (QED) is 0.609. The van der Waals surface area contributed by atoms with Crippen LogP contribution in [0.2, 0.25) is 0 Å². The fourth-order valence-electron chi connectivity index (χ4n) is 3.06. The summed E-state index contributed by atoms with van der Waals surface area (Å²) in [6, 6.07) is 14.7. The molecule has 1 fully saturated rings. The topological polar surface area (TPSA) is 55.8 Å². The van der Waals surface area contributed by atoms with Gasteiger partial charge in [0.1, 0.15) is 17.6 Å². The van der Waals surface area contributed by atoms with Gasteiger partial charge in [-0.2, -0.15) is 0 Å². The van der Waals surface area contributed by atoms with Gasteiger partial charge >= 0.3 is 5.97 Å². The van der Waals surface area contributed by atoms with Crippen LogP contribution in [0.1, 0.15) is 43.6 Å². The molecular weight excluding hydrogens is 342 g/mol. The molecule has 27 heavy (non-hydrogen) atoms. The molecule has 1 heterocycles. The van der Waals surface area contributed by atoms with Gasteiger partial charge in [-0.3, -0.25) is 9.59 Å². The van der Waals surface area contributed by atoms with E-state index in [-0.39, 0.29) is 23.4 Å². The standard InChI is InChI=1S/C22H25NO4/c1-15(24)26-17-11-9-16(10-12-17)21(25)23-13-18(14-23)27-20-8-6-5-7-19(20)22(2,3)4/h5-12,18H,13-14H2,1-4H3. The van der Waals surface area contributed by atoms with Crippen LogP contribution >= 0.6 is 0 Å². The largest absolute Gasteiger partial charge is 0.486 e. The van der Waals surface area contributed by atoms with Crippen LogP contribution in [0.25, 0.3) is 0 Å². The number of hydrogen-bond acceptors (Lipinski definition) is 4. The van der Waals surface area contributed by atoms with Crippen LogP contribution in [-0.2, 0) is 10.2 Å². The summed E-state index contributed by atoms with van der Waals surface area (Å²) in [4.78, 5) is 25.3. The molecule has 0 saturated carbocycles. The molecular formula is C22H25NO4. The number of hydrogen-bond donors (Lipinski definition) is 0. The molecule has 2 aromatic carbocycles. The van der Waals surface area contributed by atoms with Crippen LogP contribution in [0.5, 0.6) is 11.5 Å². The molecule has 2 aromatic rings. The molecule has 0 atom stereocenters. The molecule has 0 spiro atoms. The van der Waals surface area contributed by atoms with E-state index >= 15 is 0 Å². The third-order valence-corrected chi connectivity index (χ3v) is 4.49. The van der Waals surface area contributed by atoms with Crippen molar-refractivity contribution in [1.82, 2.24) is 4.90 Å². The Morgan fingerprint density at radius 3 is 2.22 bits per heavy atom. The molecule has 1 amide bonds. The molecule has 3 rings (SSSR count). The number of benzene rings is 2. The lowest BCUT2D eigenvalue weighted by atomic mass is 9.86. The lowest BCUT2D eigenvalue weighted by molar-refractivity contribution is -0.131. The Morgan fingerprint density at radius 2 is 1.63 bits per heavy atom. The zero-order chi connectivity index (χ0) is 19.6. The van der Waals surface area contributed by atoms with Crippen molar-refractivity contribution in [1.29, 1.82) is 0 Å². The summed E-state index contributed by atoms with van der Waals surface area (Å²) in [6.45, 7) is 8.94. The normalized spacial score (nSPS) is 14.4. The van der Waals surface area contributed by atoms with Gasteiger partial charge in [-0.1, -0.05) is 39.0 Å². The average Bonchev–Trinajstić information content (AvgIpc) is 2.57. The lowest BCUT2D eigenvalue weighted by Gasteiger charge is -2.39. The van der Waals surface area contributed by atoms with Crippen LogP contribution in [0, 0.1) is 0 Å². The third kappa shape index (κ3) is 4.48. The Bertz CT molecular complexity index is 830. The third-order valence-electron chi connectivity index (χ3n) is 4.49. The Kier molecular flexibility index (Phi) is 5.22. The maximum absolute atomic E-state index is 12.5. The van der Waals surface area contributed by atoms with E-state index in [4.69, 9.17) is 9.47 Å². The summed E-state index contributed by atoms with van der Waals surface area (Å²) >= 11 is 0. The summed E-state index contributed by atoms with van der Waals surface area (Å²) in [6.07, 6.45) is -0.00207. The Labute approximate surface area is 159 Å². The highest BCUT2D eigenvalue weighted by atomic mass is 16.5. The highest BCUT2D eigenvalue weighted by molar-refractivity contribution is 5.95. The number of carbonyl (C=O) groups excluding carboxylic acids is 2. The minimum Gasteiger partial charge on any atom is -0.486 e. The lowest BCUT2D eigenvalue weighted by Crippen LogP contribution is -2.56. The molecule has 0 radical (unpaired) electrons. The molecule has 1 aliphatic heterocycles. The van der Waals surface area contributed by atoms with E-state index in [2.05, 4.69) is 26.8 Å². The van der Waals surface area contributed by atoms with E-state index in [0.717, 1.165) is 11.3 Å². The molecule has 142 valence electrons. The van der Waals surface area contributed by atoms with Gasteiger partial charge in [0.25, 0.3) is 5.91 Å². The Morgan fingerprint density at radius 1 is 1.00 bits per heavy atom. The predicted molar refractivity (Wildman–Crippen MR) is 103 cm³/mol. The van der Waals surface area contributed by atoms with Crippen molar-refractivity contribution in [2.24, 2.45) is 0 Å². The minimum absolute atomic E-state index is 0.000460. The van der Waals surface area contributed by atoms with Crippen molar-refractivity contribution >= 4 is 11.9 Å². The maximum atomic E-state index is 12.5. The summed E-state index contributed by atoms with van der Waals surface area (Å²) in [5.41, 5.74) is 1.73. The summed E-state index contributed by atoms with van der Waals surface area (Å²) in [7, 11) is 0. The molecule has 0 N–H and O–H groups in total. The number of nitrogens with zero attached hydrogens (tertiary/aromatic N) is 1. The number of amides is 1. The molecule has 0 unspecified atom stereocenters. The zero-order valence-corrected chi connectivity index (χ0v) is 16.2. The van der Waals surface area contributed by atoms with Crippen molar-refractivity contribution in [3.05, 3.63) is 59.7 Å². The zero-order valence-electron chi connectivity index (χ0n) is 16.2. The first kappa shape index (κ1) is 19.0. The summed E-state index contributed by atoms with van der Waals surface area (Å²) in [5.74, 6) is 0.885. The first-order valence-electron chi connectivity index (χ1n) is 9.08.